The normalized spacial score (nSPS) is 14.7. The summed E-state index contributed by atoms with van der Waals surface area (Å²) >= 11 is 0. The maximum Gasteiger partial charge on any atom is 0.0564 e. The Balaban J connectivity index is 3.32. The highest BCUT2D eigenvalue weighted by molar-refractivity contribution is 4.64. The first kappa shape index (κ1) is 17.9. The predicted octanol–water partition coefficient (Wildman–Crippen LogP) is 4.43. The minimum Gasteiger partial charge on any atom is -0.393 e. The molecule has 2 unspecified atom stereocenters. The lowest BCUT2D eigenvalue weighted by atomic mass is 10.0. The van der Waals surface area contributed by atoms with Crippen molar-refractivity contribution in [3.8, 4) is 0 Å². The van der Waals surface area contributed by atoms with Crippen molar-refractivity contribution in [1.29, 1.82) is 0 Å². The van der Waals surface area contributed by atoms with Crippen molar-refractivity contribution >= 4 is 0 Å². The molecule has 0 fully saturated rings. The van der Waals surface area contributed by atoms with Gasteiger partial charge in [-0.25, -0.2) is 0 Å². The standard InChI is InChI=1S/C16H34O2/c1-3-5-7-8-9-11-13-16(18)14-15(17)12-10-6-4-2/h15-18H,3-14H2,1-2H3. The number of hydrogen-bond acceptors (Lipinski definition) is 2. The van der Waals surface area contributed by atoms with E-state index in [9.17, 15) is 10.2 Å². The van der Waals surface area contributed by atoms with Crippen LogP contribution in [0.2, 0.25) is 0 Å². The van der Waals surface area contributed by atoms with Gasteiger partial charge in [-0.05, 0) is 19.3 Å². The molecule has 0 radical (unpaired) electrons. The molecule has 2 atom stereocenters. The lowest BCUT2D eigenvalue weighted by Crippen LogP contribution is -2.17. The van der Waals surface area contributed by atoms with Gasteiger partial charge in [0.05, 0.1) is 12.2 Å². The fraction of sp³-hybridized carbons (Fsp3) is 1.00. The van der Waals surface area contributed by atoms with E-state index in [-0.39, 0.29) is 12.2 Å². The zero-order valence-electron chi connectivity index (χ0n) is 12.5. The Morgan fingerprint density at radius 1 is 0.611 bits per heavy atom. The topological polar surface area (TPSA) is 40.5 Å². The van der Waals surface area contributed by atoms with Crippen molar-refractivity contribution in [2.24, 2.45) is 0 Å². The van der Waals surface area contributed by atoms with Crippen LogP contribution in [0.1, 0.15) is 90.9 Å². The molecule has 0 saturated carbocycles. The molecule has 0 amide bonds. The molecule has 0 rings (SSSR count). The lowest BCUT2D eigenvalue weighted by Gasteiger charge is -2.15. The Morgan fingerprint density at radius 2 is 1.00 bits per heavy atom. The second-order valence-electron chi connectivity index (χ2n) is 5.60. The molecular weight excluding hydrogens is 224 g/mol. The van der Waals surface area contributed by atoms with Crippen molar-refractivity contribution in [2.45, 2.75) is 103 Å². The molecule has 0 aromatic carbocycles. The fourth-order valence-electron chi connectivity index (χ4n) is 2.34. The van der Waals surface area contributed by atoms with Crippen molar-refractivity contribution in [2.75, 3.05) is 0 Å². The maximum atomic E-state index is 9.82. The van der Waals surface area contributed by atoms with Crippen LogP contribution >= 0.6 is 0 Å². The quantitative estimate of drug-likeness (QED) is 0.480. The molecule has 0 heterocycles. The maximum absolute atomic E-state index is 9.82. The average Bonchev–Trinajstić information content (AvgIpc) is 2.34. The zero-order valence-corrected chi connectivity index (χ0v) is 12.5. The van der Waals surface area contributed by atoms with Gasteiger partial charge < -0.3 is 10.2 Å². The average molecular weight is 258 g/mol. The number of unbranched alkanes of at least 4 members (excludes halogenated alkanes) is 7. The van der Waals surface area contributed by atoms with E-state index in [0.717, 1.165) is 25.7 Å². The van der Waals surface area contributed by atoms with Gasteiger partial charge in [-0.1, -0.05) is 71.6 Å². The van der Waals surface area contributed by atoms with E-state index in [0.29, 0.717) is 6.42 Å². The van der Waals surface area contributed by atoms with E-state index < -0.39 is 0 Å². The van der Waals surface area contributed by atoms with Gasteiger partial charge in [-0.2, -0.15) is 0 Å². The highest BCUT2D eigenvalue weighted by Gasteiger charge is 2.11. The van der Waals surface area contributed by atoms with Crippen LogP contribution in [0.3, 0.4) is 0 Å². The summed E-state index contributed by atoms with van der Waals surface area (Å²) in [7, 11) is 0. The van der Waals surface area contributed by atoms with Crippen LogP contribution in [0.4, 0.5) is 0 Å². The number of aliphatic hydroxyl groups excluding tert-OH is 2. The summed E-state index contributed by atoms with van der Waals surface area (Å²) in [5.74, 6) is 0. The Kier molecular flexibility index (Phi) is 13.3. The van der Waals surface area contributed by atoms with Gasteiger partial charge in [-0.3, -0.25) is 0 Å². The Labute approximate surface area is 114 Å². The molecule has 0 aromatic heterocycles. The van der Waals surface area contributed by atoms with Crippen LogP contribution < -0.4 is 0 Å². The molecule has 110 valence electrons. The van der Waals surface area contributed by atoms with Gasteiger partial charge in [0.1, 0.15) is 0 Å². The summed E-state index contributed by atoms with van der Waals surface area (Å²) in [6.45, 7) is 4.39. The number of aliphatic hydroxyl groups is 2. The van der Waals surface area contributed by atoms with E-state index in [2.05, 4.69) is 13.8 Å². The largest absolute Gasteiger partial charge is 0.393 e. The van der Waals surface area contributed by atoms with E-state index in [4.69, 9.17) is 0 Å². The Bertz CT molecular complexity index is 159. The summed E-state index contributed by atoms with van der Waals surface area (Å²) < 4.78 is 0. The Morgan fingerprint density at radius 3 is 1.56 bits per heavy atom. The molecule has 0 aliphatic rings. The summed E-state index contributed by atoms with van der Waals surface area (Å²) in [5, 5.41) is 19.6. The first-order chi connectivity index (χ1) is 8.70. The van der Waals surface area contributed by atoms with Crippen LogP contribution in [0, 0.1) is 0 Å². The predicted molar refractivity (Wildman–Crippen MR) is 78.8 cm³/mol. The monoisotopic (exact) mass is 258 g/mol. The van der Waals surface area contributed by atoms with Crippen LogP contribution in [-0.2, 0) is 0 Å². The molecule has 0 aliphatic heterocycles. The van der Waals surface area contributed by atoms with E-state index in [1.165, 1.54) is 44.9 Å². The first-order valence-corrected chi connectivity index (χ1v) is 8.06. The van der Waals surface area contributed by atoms with Gasteiger partial charge in [0.2, 0.25) is 0 Å². The number of hydrogen-bond donors (Lipinski definition) is 2. The minimum absolute atomic E-state index is 0.298. The Hall–Kier alpha value is -0.0800. The van der Waals surface area contributed by atoms with Crippen molar-refractivity contribution < 1.29 is 10.2 Å². The molecular formula is C16H34O2. The molecule has 2 heteroatoms. The van der Waals surface area contributed by atoms with Crippen molar-refractivity contribution in [3.63, 3.8) is 0 Å². The molecule has 2 N–H and O–H groups in total. The van der Waals surface area contributed by atoms with Crippen molar-refractivity contribution in [1.82, 2.24) is 0 Å². The summed E-state index contributed by atoms with van der Waals surface area (Å²) in [4.78, 5) is 0. The first-order valence-electron chi connectivity index (χ1n) is 8.06. The SMILES string of the molecule is CCCCCCCCC(O)CC(O)CCCCC. The van der Waals surface area contributed by atoms with E-state index in [1.54, 1.807) is 0 Å². The molecule has 0 spiro atoms. The van der Waals surface area contributed by atoms with Crippen LogP contribution in [0.5, 0.6) is 0 Å². The molecule has 0 bridgehead atoms. The van der Waals surface area contributed by atoms with Gasteiger partial charge >= 0.3 is 0 Å². The van der Waals surface area contributed by atoms with E-state index in [1.807, 2.05) is 0 Å². The molecule has 0 aliphatic carbocycles. The zero-order chi connectivity index (χ0) is 13.6. The second-order valence-corrected chi connectivity index (χ2v) is 5.60. The highest BCUT2D eigenvalue weighted by atomic mass is 16.3. The minimum atomic E-state index is -0.299. The third-order valence-electron chi connectivity index (χ3n) is 3.58. The van der Waals surface area contributed by atoms with Gasteiger partial charge in [-0.15, -0.1) is 0 Å². The van der Waals surface area contributed by atoms with Crippen molar-refractivity contribution in [3.05, 3.63) is 0 Å². The van der Waals surface area contributed by atoms with Gasteiger partial charge in [0.25, 0.3) is 0 Å². The number of rotatable bonds is 13. The fourth-order valence-corrected chi connectivity index (χ4v) is 2.34. The second kappa shape index (κ2) is 13.4. The van der Waals surface area contributed by atoms with Crippen LogP contribution in [0.25, 0.3) is 0 Å². The van der Waals surface area contributed by atoms with Gasteiger partial charge in [0, 0.05) is 0 Å². The smallest absolute Gasteiger partial charge is 0.0564 e. The molecule has 18 heavy (non-hydrogen) atoms. The molecule has 0 saturated heterocycles. The highest BCUT2D eigenvalue weighted by Crippen LogP contribution is 2.14. The third kappa shape index (κ3) is 12.4. The molecule has 0 aromatic rings. The van der Waals surface area contributed by atoms with Crippen LogP contribution in [0.15, 0.2) is 0 Å². The summed E-state index contributed by atoms with van der Waals surface area (Å²) in [6, 6.07) is 0. The van der Waals surface area contributed by atoms with Crippen LogP contribution in [-0.4, -0.2) is 22.4 Å². The lowest BCUT2D eigenvalue weighted by molar-refractivity contribution is 0.0681. The summed E-state index contributed by atoms with van der Waals surface area (Å²) in [5.41, 5.74) is 0. The van der Waals surface area contributed by atoms with Gasteiger partial charge in [0.15, 0.2) is 0 Å². The summed E-state index contributed by atoms with van der Waals surface area (Å²) in [6.07, 6.45) is 12.7. The van der Waals surface area contributed by atoms with E-state index >= 15 is 0 Å². The third-order valence-corrected chi connectivity index (χ3v) is 3.58. The molecule has 2 nitrogen and oxygen atoms in total.